The second-order valence-corrected chi connectivity index (χ2v) is 14.6. The van der Waals surface area contributed by atoms with Gasteiger partial charge in [-0.2, -0.15) is 0 Å². The van der Waals surface area contributed by atoms with Gasteiger partial charge in [-0.1, -0.05) is 60.1 Å². The third kappa shape index (κ3) is 2.39. The van der Waals surface area contributed by atoms with Crippen LogP contribution < -0.4 is 0 Å². The highest BCUT2D eigenvalue weighted by molar-refractivity contribution is 5.27. The van der Waals surface area contributed by atoms with Gasteiger partial charge >= 0.3 is 0 Å². The van der Waals surface area contributed by atoms with Crippen molar-refractivity contribution in [3.63, 3.8) is 0 Å². The van der Waals surface area contributed by atoms with Gasteiger partial charge in [0.25, 0.3) is 0 Å². The van der Waals surface area contributed by atoms with E-state index in [9.17, 15) is 0 Å². The first-order chi connectivity index (χ1) is 13.3. The van der Waals surface area contributed by atoms with E-state index in [4.69, 9.17) is 0 Å². The van der Waals surface area contributed by atoms with Crippen LogP contribution in [-0.4, -0.2) is 0 Å². The highest BCUT2D eigenvalue weighted by Crippen LogP contribution is 2.78. The summed E-state index contributed by atoms with van der Waals surface area (Å²) in [6, 6.07) is 0. The molecule has 0 unspecified atom stereocenters. The molecule has 0 heteroatoms. The number of hydrogen-bond donors (Lipinski definition) is 0. The van der Waals surface area contributed by atoms with Crippen LogP contribution in [0.4, 0.5) is 0 Å². The van der Waals surface area contributed by atoms with Crippen LogP contribution in [0, 0.1) is 50.2 Å². The van der Waals surface area contributed by atoms with Crippen LogP contribution in [0.2, 0.25) is 0 Å². The van der Waals surface area contributed by atoms with Crippen molar-refractivity contribution < 1.29 is 0 Å². The zero-order chi connectivity index (χ0) is 21.1. The molecule has 4 saturated carbocycles. The summed E-state index contributed by atoms with van der Waals surface area (Å²) < 4.78 is 0. The molecule has 0 aromatic heterocycles. The highest BCUT2D eigenvalue weighted by Gasteiger charge is 2.70. The van der Waals surface area contributed by atoms with Crippen molar-refractivity contribution >= 4 is 0 Å². The maximum Gasteiger partial charge on any atom is -0.00826 e. The van der Waals surface area contributed by atoms with E-state index in [1.165, 1.54) is 64.2 Å². The van der Waals surface area contributed by atoms with Gasteiger partial charge < -0.3 is 0 Å². The standard InChI is InChI=1S/C29H48/c1-20-9-10-21-26(20,5)12-11-22-27(21,6)16-18-29(8)23-19-24(2,3)13-14-25(23,4)15-17-28(22,29)7/h9,21-23H,10-19H2,1-8H3/t21-,22+,23-,25-,26-,27+,28-,29+/m1/s1. The second kappa shape index (κ2) is 5.75. The van der Waals surface area contributed by atoms with Gasteiger partial charge in [-0.3, -0.25) is 0 Å². The lowest BCUT2D eigenvalue weighted by atomic mass is 9.31. The van der Waals surface area contributed by atoms with Gasteiger partial charge in [0.15, 0.2) is 0 Å². The van der Waals surface area contributed by atoms with Crippen molar-refractivity contribution in [2.45, 2.75) is 120 Å². The molecule has 5 rings (SSSR count). The molecule has 0 nitrogen and oxygen atoms in total. The van der Waals surface area contributed by atoms with Gasteiger partial charge in [0, 0.05) is 0 Å². The lowest BCUT2D eigenvalue weighted by Gasteiger charge is -2.74. The molecule has 0 aromatic rings. The number of fused-ring (bicyclic) bond motifs is 7. The Hall–Kier alpha value is -0.260. The van der Waals surface area contributed by atoms with Gasteiger partial charge in [0.2, 0.25) is 0 Å². The molecule has 8 atom stereocenters. The maximum absolute atomic E-state index is 2.79. The van der Waals surface area contributed by atoms with E-state index in [2.05, 4.69) is 61.5 Å². The van der Waals surface area contributed by atoms with Crippen LogP contribution in [0.1, 0.15) is 120 Å². The molecular formula is C29H48. The number of allylic oxidation sites excluding steroid dienone is 2. The molecule has 5 aliphatic rings. The van der Waals surface area contributed by atoms with E-state index < -0.39 is 0 Å². The minimum Gasteiger partial charge on any atom is -0.0847 e. The predicted molar refractivity (Wildman–Crippen MR) is 125 cm³/mol. The first-order valence-electron chi connectivity index (χ1n) is 13.0. The van der Waals surface area contributed by atoms with Crippen molar-refractivity contribution in [2.24, 2.45) is 50.2 Å². The Kier molecular flexibility index (Phi) is 4.09. The summed E-state index contributed by atoms with van der Waals surface area (Å²) in [5.41, 5.74) is 4.98. The normalized spacial score (nSPS) is 58.5. The van der Waals surface area contributed by atoms with Crippen LogP contribution in [0.5, 0.6) is 0 Å². The van der Waals surface area contributed by atoms with E-state index in [1.54, 1.807) is 5.57 Å². The molecule has 0 N–H and O–H groups in total. The molecule has 0 spiro atoms. The smallest absolute Gasteiger partial charge is 0.00826 e. The third-order valence-corrected chi connectivity index (χ3v) is 13.1. The van der Waals surface area contributed by atoms with Crippen LogP contribution in [-0.2, 0) is 0 Å². The van der Waals surface area contributed by atoms with E-state index >= 15 is 0 Å². The van der Waals surface area contributed by atoms with Crippen LogP contribution in [0.25, 0.3) is 0 Å². The molecule has 164 valence electrons. The summed E-state index contributed by atoms with van der Waals surface area (Å²) in [4.78, 5) is 0. The Labute approximate surface area is 181 Å². The molecule has 29 heavy (non-hydrogen) atoms. The molecule has 0 amide bonds. The molecular weight excluding hydrogens is 348 g/mol. The van der Waals surface area contributed by atoms with E-state index in [1.807, 2.05) is 0 Å². The van der Waals surface area contributed by atoms with Gasteiger partial charge in [-0.05, 0) is 121 Å². The van der Waals surface area contributed by atoms with Gasteiger partial charge in [-0.15, -0.1) is 0 Å². The Morgan fingerprint density at radius 2 is 1.31 bits per heavy atom. The number of hydrogen-bond acceptors (Lipinski definition) is 0. The molecule has 0 heterocycles. The summed E-state index contributed by atoms with van der Waals surface area (Å²) in [7, 11) is 0. The average molecular weight is 397 g/mol. The summed E-state index contributed by atoms with van der Waals surface area (Å²) in [5.74, 6) is 2.76. The molecule has 5 aliphatic carbocycles. The Bertz CT molecular complexity index is 743. The molecule has 0 saturated heterocycles. The van der Waals surface area contributed by atoms with Crippen LogP contribution >= 0.6 is 0 Å². The average Bonchev–Trinajstić information content (AvgIpc) is 2.95. The monoisotopic (exact) mass is 396 g/mol. The minimum atomic E-state index is 0.491. The van der Waals surface area contributed by atoms with Crippen molar-refractivity contribution in [3.8, 4) is 0 Å². The molecule has 0 radical (unpaired) electrons. The fourth-order valence-corrected chi connectivity index (χ4v) is 10.6. The zero-order valence-corrected chi connectivity index (χ0v) is 20.9. The Morgan fingerprint density at radius 3 is 2.03 bits per heavy atom. The van der Waals surface area contributed by atoms with E-state index in [-0.39, 0.29) is 0 Å². The van der Waals surface area contributed by atoms with Gasteiger partial charge in [0.1, 0.15) is 0 Å². The summed E-state index contributed by atoms with van der Waals surface area (Å²) in [5, 5.41) is 0. The van der Waals surface area contributed by atoms with Crippen molar-refractivity contribution in [1.82, 2.24) is 0 Å². The number of rotatable bonds is 0. The predicted octanol–water partition coefficient (Wildman–Crippen LogP) is 8.81. The largest absolute Gasteiger partial charge is 0.0847 e. The van der Waals surface area contributed by atoms with Crippen LogP contribution in [0.15, 0.2) is 11.6 Å². The summed E-state index contributed by atoms with van der Waals surface area (Å²) in [6.45, 7) is 21.2. The minimum absolute atomic E-state index is 0.491. The fraction of sp³-hybridized carbons (Fsp3) is 0.931. The quantitative estimate of drug-likeness (QED) is 0.359. The topological polar surface area (TPSA) is 0 Å². The highest BCUT2D eigenvalue weighted by atomic mass is 14.7. The fourth-order valence-electron chi connectivity index (χ4n) is 10.6. The van der Waals surface area contributed by atoms with Crippen LogP contribution in [0.3, 0.4) is 0 Å². The first kappa shape index (κ1) is 20.6. The van der Waals surface area contributed by atoms with Crippen molar-refractivity contribution in [1.29, 1.82) is 0 Å². The van der Waals surface area contributed by atoms with Gasteiger partial charge in [-0.25, -0.2) is 0 Å². The molecule has 4 fully saturated rings. The molecule has 0 aliphatic heterocycles. The maximum atomic E-state index is 2.79. The zero-order valence-electron chi connectivity index (χ0n) is 20.9. The SMILES string of the molecule is CC1=CC[C@H]2[C@]3(C)CC[C@@]4(C)[C@@H]5CC(C)(C)CC[C@]5(C)CC[C@]4(C)[C@H]3CC[C@]12C. The second-order valence-electron chi connectivity index (χ2n) is 14.6. The summed E-state index contributed by atoms with van der Waals surface area (Å²) >= 11 is 0. The third-order valence-electron chi connectivity index (χ3n) is 13.1. The first-order valence-corrected chi connectivity index (χ1v) is 13.0. The Balaban J connectivity index is 1.55. The summed E-state index contributed by atoms with van der Waals surface area (Å²) in [6.07, 6.45) is 17.2. The molecule has 0 aromatic carbocycles. The Morgan fingerprint density at radius 1 is 0.690 bits per heavy atom. The van der Waals surface area contributed by atoms with Crippen molar-refractivity contribution in [2.75, 3.05) is 0 Å². The lowest BCUT2D eigenvalue weighted by molar-refractivity contribution is -0.245. The van der Waals surface area contributed by atoms with E-state index in [0.717, 1.165) is 17.8 Å². The van der Waals surface area contributed by atoms with Crippen molar-refractivity contribution in [3.05, 3.63) is 11.6 Å². The van der Waals surface area contributed by atoms with Gasteiger partial charge in [0.05, 0.1) is 0 Å². The molecule has 0 bridgehead atoms. The van der Waals surface area contributed by atoms with E-state index in [0.29, 0.717) is 32.5 Å². The lowest BCUT2D eigenvalue weighted by Crippen LogP contribution is -2.66.